The molecule has 0 spiro atoms. The van der Waals surface area contributed by atoms with Gasteiger partial charge >= 0.3 is 0 Å². The van der Waals surface area contributed by atoms with E-state index in [1.165, 1.54) is 19.2 Å². The third-order valence-electron chi connectivity index (χ3n) is 3.63. The number of guanidine groups is 1. The smallest absolute Gasteiger partial charge is 0.191 e. The normalized spacial score (nSPS) is 14.2. The average molecular weight is 426 g/mol. The zero-order valence-corrected chi connectivity index (χ0v) is 15.6. The summed E-state index contributed by atoms with van der Waals surface area (Å²) < 4.78 is 0. The summed E-state index contributed by atoms with van der Waals surface area (Å²) in [5.41, 5.74) is 2.18. The minimum Gasteiger partial charge on any atom is -0.357 e. The van der Waals surface area contributed by atoms with Gasteiger partial charge in [-0.15, -0.1) is 24.0 Å². The van der Waals surface area contributed by atoms with E-state index < -0.39 is 0 Å². The van der Waals surface area contributed by atoms with Gasteiger partial charge in [-0.1, -0.05) is 18.2 Å². The highest BCUT2D eigenvalue weighted by atomic mass is 127. The molecule has 0 aliphatic heterocycles. The second-order valence-corrected chi connectivity index (χ2v) is 5.55. The van der Waals surface area contributed by atoms with Crippen molar-refractivity contribution in [3.8, 4) is 11.4 Å². The summed E-state index contributed by atoms with van der Waals surface area (Å²) in [5.74, 6) is 2.50. The van der Waals surface area contributed by atoms with Gasteiger partial charge in [0.05, 0.1) is 6.54 Å². The highest BCUT2D eigenvalue weighted by Crippen LogP contribution is 2.27. The van der Waals surface area contributed by atoms with Crippen LogP contribution in [-0.4, -0.2) is 34.2 Å². The van der Waals surface area contributed by atoms with Crippen LogP contribution in [0.1, 0.15) is 25.3 Å². The Hall–Kier alpha value is -1.64. The van der Waals surface area contributed by atoms with E-state index in [4.69, 9.17) is 0 Å². The minimum atomic E-state index is 0. The fraction of sp³-hybridized carbons (Fsp3) is 0.438. The van der Waals surface area contributed by atoms with E-state index >= 15 is 0 Å². The lowest BCUT2D eigenvalue weighted by Gasteiger charge is -2.10. The summed E-state index contributed by atoms with van der Waals surface area (Å²) in [7, 11) is 0. The Kier molecular flexibility index (Phi) is 6.82. The Morgan fingerprint density at radius 1 is 1.35 bits per heavy atom. The van der Waals surface area contributed by atoms with E-state index in [2.05, 4.69) is 49.9 Å². The quantitative estimate of drug-likeness (QED) is 0.377. The molecule has 1 aromatic carbocycles. The Labute approximate surface area is 153 Å². The number of benzene rings is 1. The van der Waals surface area contributed by atoms with Crippen molar-refractivity contribution >= 4 is 29.9 Å². The van der Waals surface area contributed by atoms with Crippen LogP contribution in [0.4, 0.5) is 0 Å². The molecule has 3 N–H and O–H groups in total. The van der Waals surface area contributed by atoms with Crippen molar-refractivity contribution in [2.45, 2.75) is 26.3 Å². The molecule has 1 saturated carbocycles. The first-order chi connectivity index (χ1) is 10.8. The topological polar surface area (TPSA) is 78.0 Å². The Morgan fingerprint density at radius 2 is 2.22 bits per heavy atom. The number of rotatable bonds is 6. The molecule has 7 heteroatoms. The number of hydrogen-bond donors (Lipinski definition) is 3. The predicted molar refractivity (Wildman–Crippen MR) is 103 cm³/mol. The molecule has 23 heavy (non-hydrogen) atoms. The lowest BCUT2D eigenvalue weighted by atomic mass is 10.1. The van der Waals surface area contributed by atoms with Crippen molar-refractivity contribution in [3.05, 3.63) is 36.2 Å². The molecule has 0 amide bonds. The van der Waals surface area contributed by atoms with E-state index in [-0.39, 0.29) is 24.0 Å². The maximum atomic E-state index is 4.65. The lowest BCUT2D eigenvalue weighted by molar-refractivity contribution is 0.739. The van der Waals surface area contributed by atoms with Gasteiger partial charge in [0.25, 0.3) is 0 Å². The first-order valence-corrected chi connectivity index (χ1v) is 7.82. The van der Waals surface area contributed by atoms with E-state index in [1.54, 1.807) is 0 Å². The number of aromatic amines is 1. The van der Waals surface area contributed by atoms with Crippen molar-refractivity contribution in [1.29, 1.82) is 0 Å². The monoisotopic (exact) mass is 426 g/mol. The van der Waals surface area contributed by atoms with Crippen molar-refractivity contribution in [3.63, 3.8) is 0 Å². The van der Waals surface area contributed by atoms with Gasteiger partial charge in [0.1, 0.15) is 6.33 Å². The molecule has 0 atom stereocenters. The van der Waals surface area contributed by atoms with Gasteiger partial charge in [0.15, 0.2) is 11.8 Å². The van der Waals surface area contributed by atoms with Crippen molar-refractivity contribution in [2.24, 2.45) is 10.9 Å². The molecule has 1 aliphatic carbocycles. The highest BCUT2D eigenvalue weighted by molar-refractivity contribution is 14.0. The molecule has 1 aliphatic rings. The fourth-order valence-electron chi connectivity index (χ4n) is 2.24. The van der Waals surface area contributed by atoms with Gasteiger partial charge < -0.3 is 10.6 Å². The number of aromatic nitrogens is 3. The first kappa shape index (κ1) is 17.7. The van der Waals surface area contributed by atoms with Crippen LogP contribution in [0.2, 0.25) is 0 Å². The second-order valence-electron chi connectivity index (χ2n) is 5.55. The van der Waals surface area contributed by atoms with Crippen LogP contribution in [0, 0.1) is 5.92 Å². The molecule has 2 aromatic rings. The predicted octanol–water partition coefficient (Wildman–Crippen LogP) is 2.55. The second kappa shape index (κ2) is 8.85. The summed E-state index contributed by atoms with van der Waals surface area (Å²) in [5, 5.41) is 13.5. The third-order valence-corrected chi connectivity index (χ3v) is 3.63. The molecule has 0 bridgehead atoms. The fourth-order valence-corrected chi connectivity index (χ4v) is 2.24. The van der Waals surface area contributed by atoms with Crippen LogP contribution in [0.25, 0.3) is 11.4 Å². The molecule has 124 valence electrons. The number of nitrogens with one attached hydrogen (secondary N) is 3. The van der Waals surface area contributed by atoms with Crippen LogP contribution < -0.4 is 10.6 Å². The number of hydrogen-bond acceptors (Lipinski definition) is 3. The molecule has 0 unspecified atom stereocenters. The first-order valence-electron chi connectivity index (χ1n) is 7.82. The van der Waals surface area contributed by atoms with Gasteiger partial charge in [-0.25, -0.2) is 9.98 Å². The zero-order valence-electron chi connectivity index (χ0n) is 13.2. The summed E-state index contributed by atoms with van der Waals surface area (Å²) in [4.78, 5) is 8.83. The summed E-state index contributed by atoms with van der Waals surface area (Å²) in [6.07, 6.45) is 4.20. The SMILES string of the molecule is CCNC(=NCc1cccc(-c2ncn[nH]2)c1)NCC1CC1.I. The third kappa shape index (κ3) is 5.49. The van der Waals surface area contributed by atoms with Crippen molar-refractivity contribution in [2.75, 3.05) is 13.1 Å². The molecule has 0 radical (unpaired) electrons. The maximum absolute atomic E-state index is 4.65. The Bertz CT molecular complexity index is 621. The number of H-pyrrole nitrogens is 1. The van der Waals surface area contributed by atoms with Crippen LogP contribution >= 0.6 is 24.0 Å². The van der Waals surface area contributed by atoms with Gasteiger partial charge in [0, 0.05) is 18.7 Å². The zero-order chi connectivity index (χ0) is 15.2. The molecule has 1 aromatic heterocycles. The van der Waals surface area contributed by atoms with Gasteiger partial charge in [-0.05, 0) is 37.3 Å². The van der Waals surface area contributed by atoms with Crippen molar-refractivity contribution in [1.82, 2.24) is 25.8 Å². The minimum absolute atomic E-state index is 0. The Balaban J connectivity index is 0.00000192. The van der Waals surface area contributed by atoms with Crippen molar-refractivity contribution < 1.29 is 0 Å². The molecule has 6 nitrogen and oxygen atoms in total. The standard InChI is InChI=1S/C16H22N6.HI/c1-2-17-16(18-9-12-6-7-12)19-10-13-4-3-5-14(8-13)15-20-11-21-22-15;/h3-5,8,11-12H,2,6-7,9-10H2,1H3,(H2,17,18,19)(H,20,21,22);1H. The lowest BCUT2D eigenvalue weighted by Crippen LogP contribution is -2.38. The van der Waals surface area contributed by atoms with Gasteiger partial charge in [0.2, 0.25) is 0 Å². The summed E-state index contributed by atoms with van der Waals surface area (Å²) in [6, 6.07) is 8.21. The van der Waals surface area contributed by atoms with Gasteiger partial charge in [-0.2, -0.15) is 5.10 Å². The van der Waals surface area contributed by atoms with Crippen LogP contribution in [0.15, 0.2) is 35.6 Å². The van der Waals surface area contributed by atoms with E-state index in [0.29, 0.717) is 6.54 Å². The molecule has 1 heterocycles. The molecule has 0 saturated heterocycles. The number of halogens is 1. The van der Waals surface area contributed by atoms with E-state index in [1.807, 2.05) is 12.1 Å². The largest absolute Gasteiger partial charge is 0.357 e. The number of nitrogens with zero attached hydrogens (tertiary/aromatic N) is 3. The van der Waals surface area contributed by atoms with Gasteiger partial charge in [-0.3, -0.25) is 5.10 Å². The molecule has 3 rings (SSSR count). The van der Waals surface area contributed by atoms with Crippen LogP contribution in [0.3, 0.4) is 0 Å². The molecular weight excluding hydrogens is 403 g/mol. The summed E-state index contributed by atoms with van der Waals surface area (Å²) in [6.45, 7) is 4.61. The summed E-state index contributed by atoms with van der Waals surface area (Å²) >= 11 is 0. The maximum Gasteiger partial charge on any atom is 0.191 e. The van der Waals surface area contributed by atoms with Crippen LogP contribution in [-0.2, 0) is 6.54 Å². The van der Waals surface area contributed by atoms with Crippen LogP contribution in [0.5, 0.6) is 0 Å². The average Bonchev–Trinajstić information content (AvgIpc) is 3.21. The highest BCUT2D eigenvalue weighted by Gasteiger charge is 2.20. The number of aliphatic imine (C=N–C) groups is 1. The van der Waals surface area contributed by atoms with E-state index in [0.717, 1.165) is 41.9 Å². The molecular formula is C16H23IN6. The Morgan fingerprint density at radius 3 is 2.91 bits per heavy atom. The van der Waals surface area contributed by atoms with E-state index in [9.17, 15) is 0 Å². The molecule has 1 fully saturated rings.